The maximum atomic E-state index is 11.8. The molecule has 4 nitrogen and oxygen atoms in total. The molecule has 1 N–H and O–H groups in total. The highest BCUT2D eigenvalue weighted by Gasteiger charge is 2.15. The van der Waals surface area contributed by atoms with Gasteiger partial charge in [0.1, 0.15) is 0 Å². The molecule has 1 aliphatic heterocycles. The molecule has 1 aromatic heterocycles. The van der Waals surface area contributed by atoms with Gasteiger partial charge in [-0.15, -0.1) is 0 Å². The Bertz CT molecular complexity index is 621. The van der Waals surface area contributed by atoms with E-state index in [1.54, 1.807) is 4.57 Å². The number of oxazole rings is 1. The lowest BCUT2D eigenvalue weighted by atomic mass is 10.0. The summed E-state index contributed by atoms with van der Waals surface area (Å²) in [5.74, 6) is -0.243. The average molecular weight is 260 g/mol. The van der Waals surface area contributed by atoms with Crippen molar-refractivity contribution in [2.24, 2.45) is 0 Å². The van der Waals surface area contributed by atoms with E-state index in [0.717, 1.165) is 31.4 Å². The summed E-state index contributed by atoms with van der Waals surface area (Å²) in [4.78, 5) is 11.8. The number of rotatable bonds is 4. The van der Waals surface area contributed by atoms with Gasteiger partial charge < -0.3 is 9.73 Å². The Kier molecular flexibility index (Phi) is 3.42. The van der Waals surface area contributed by atoms with Gasteiger partial charge in [-0.2, -0.15) is 0 Å². The molecule has 1 fully saturated rings. The number of nitrogens with zero attached hydrogens (tertiary/aromatic N) is 1. The third kappa shape index (κ3) is 2.45. The van der Waals surface area contributed by atoms with E-state index in [1.807, 2.05) is 12.1 Å². The van der Waals surface area contributed by atoms with E-state index < -0.39 is 0 Å². The highest BCUT2D eigenvalue weighted by molar-refractivity contribution is 5.73. The fraction of sp³-hybridized carbons (Fsp3) is 0.533. The van der Waals surface area contributed by atoms with E-state index in [9.17, 15) is 4.79 Å². The summed E-state index contributed by atoms with van der Waals surface area (Å²) < 4.78 is 7.06. The van der Waals surface area contributed by atoms with Crippen LogP contribution >= 0.6 is 0 Å². The van der Waals surface area contributed by atoms with Gasteiger partial charge in [0, 0.05) is 12.6 Å². The van der Waals surface area contributed by atoms with E-state index in [4.69, 9.17) is 4.42 Å². The van der Waals surface area contributed by atoms with Crippen molar-refractivity contribution < 1.29 is 4.42 Å². The second kappa shape index (κ2) is 5.21. The summed E-state index contributed by atoms with van der Waals surface area (Å²) in [5, 5.41) is 3.49. The predicted octanol–water partition coefficient (Wildman–Crippen LogP) is 2.30. The number of nitrogens with one attached hydrogen (secondary N) is 1. The van der Waals surface area contributed by atoms with Crippen molar-refractivity contribution in [1.29, 1.82) is 0 Å². The average Bonchev–Trinajstić information content (AvgIpc) is 2.99. The van der Waals surface area contributed by atoms with Gasteiger partial charge in [-0.25, -0.2) is 4.79 Å². The molecule has 0 aliphatic carbocycles. The van der Waals surface area contributed by atoms with Crippen LogP contribution in [0.2, 0.25) is 0 Å². The Labute approximate surface area is 112 Å². The molecule has 0 spiro atoms. The Balaban J connectivity index is 1.90. The highest BCUT2D eigenvalue weighted by Crippen LogP contribution is 2.18. The van der Waals surface area contributed by atoms with Gasteiger partial charge in [-0.05, 0) is 49.9 Å². The van der Waals surface area contributed by atoms with Crippen molar-refractivity contribution in [3.05, 3.63) is 34.3 Å². The third-order valence-corrected chi connectivity index (χ3v) is 3.82. The first-order valence-electron chi connectivity index (χ1n) is 7.13. The van der Waals surface area contributed by atoms with Gasteiger partial charge >= 0.3 is 5.76 Å². The molecule has 2 heterocycles. The van der Waals surface area contributed by atoms with Crippen molar-refractivity contribution in [2.45, 2.75) is 45.2 Å². The van der Waals surface area contributed by atoms with Crippen molar-refractivity contribution in [3.63, 3.8) is 0 Å². The second-order valence-electron chi connectivity index (χ2n) is 5.32. The number of aromatic nitrogens is 1. The standard InChI is InChI=1S/C15H20N2O2/c1-2-8-17-13-6-5-11(9-12-4-3-7-16-12)10-14(13)19-15(17)18/h5-6,10,12,16H,2-4,7-9H2,1H3. The topological polar surface area (TPSA) is 47.2 Å². The molecule has 1 aromatic carbocycles. The number of aryl methyl sites for hydroxylation is 1. The zero-order valence-corrected chi connectivity index (χ0v) is 11.3. The van der Waals surface area contributed by atoms with Crippen LogP contribution < -0.4 is 11.1 Å². The van der Waals surface area contributed by atoms with Crippen LogP contribution in [0.3, 0.4) is 0 Å². The quantitative estimate of drug-likeness (QED) is 0.917. The second-order valence-corrected chi connectivity index (χ2v) is 5.32. The van der Waals surface area contributed by atoms with Crippen LogP contribution in [0.4, 0.5) is 0 Å². The summed E-state index contributed by atoms with van der Waals surface area (Å²) >= 11 is 0. The molecule has 1 saturated heterocycles. The minimum atomic E-state index is -0.243. The smallest absolute Gasteiger partial charge is 0.408 e. The van der Waals surface area contributed by atoms with Crippen LogP contribution in [0, 0.1) is 0 Å². The first-order chi connectivity index (χ1) is 9.28. The first kappa shape index (κ1) is 12.5. The molecule has 0 radical (unpaired) electrons. The Morgan fingerprint density at radius 2 is 2.37 bits per heavy atom. The van der Waals surface area contributed by atoms with Gasteiger partial charge in [0.05, 0.1) is 5.52 Å². The van der Waals surface area contributed by atoms with E-state index in [2.05, 4.69) is 18.3 Å². The molecule has 0 amide bonds. The molecular formula is C15H20N2O2. The summed E-state index contributed by atoms with van der Waals surface area (Å²) in [6.07, 6.45) is 4.44. The van der Waals surface area contributed by atoms with Crippen LogP contribution in [-0.4, -0.2) is 17.2 Å². The maximum Gasteiger partial charge on any atom is 0.419 e. The maximum absolute atomic E-state index is 11.8. The number of hydrogen-bond donors (Lipinski definition) is 1. The zero-order valence-electron chi connectivity index (χ0n) is 11.3. The van der Waals surface area contributed by atoms with Crippen molar-refractivity contribution >= 4 is 11.1 Å². The summed E-state index contributed by atoms with van der Waals surface area (Å²) in [5.41, 5.74) is 2.87. The zero-order chi connectivity index (χ0) is 13.2. The lowest BCUT2D eigenvalue weighted by Gasteiger charge is -2.09. The number of hydrogen-bond acceptors (Lipinski definition) is 3. The minimum absolute atomic E-state index is 0.243. The first-order valence-corrected chi connectivity index (χ1v) is 7.13. The van der Waals surface area contributed by atoms with Crippen LogP contribution in [0.25, 0.3) is 11.1 Å². The summed E-state index contributed by atoms with van der Waals surface area (Å²) in [6.45, 7) is 3.90. The monoisotopic (exact) mass is 260 g/mol. The lowest BCUT2D eigenvalue weighted by molar-refractivity contribution is 0.502. The lowest BCUT2D eigenvalue weighted by Crippen LogP contribution is -2.23. The SMILES string of the molecule is CCCn1c(=O)oc2cc(CC3CCCN3)ccc21. The van der Waals surface area contributed by atoms with E-state index in [0.29, 0.717) is 11.6 Å². The Morgan fingerprint density at radius 1 is 1.47 bits per heavy atom. The fourth-order valence-corrected chi connectivity index (χ4v) is 2.89. The summed E-state index contributed by atoms with van der Waals surface area (Å²) in [6, 6.07) is 6.72. The third-order valence-electron chi connectivity index (χ3n) is 3.82. The summed E-state index contributed by atoms with van der Waals surface area (Å²) in [7, 11) is 0. The Hall–Kier alpha value is -1.55. The molecule has 2 aromatic rings. The van der Waals surface area contributed by atoms with Gasteiger partial charge in [-0.1, -0.05) is 13.0 Å². The number of fused-ring (bicyclic) bond motifs is 1. The molecule has 1 unspecified atom stereocenters. The van der Waals surface area contributed by atoms with Crippen LogP contribution in [0.1, 0.15) is 31.7 Å². The van der Waals surface area contributed by atoms with E-state index in [1.165, 1.54) is 18.4 Å². The number of benzene rings is 1. The van der Waals surface area contributed by atoms with Gasteiger partial charge in [0.15, 0.2) is 5.58 Å². The van der Waals surface area contributed by atoms with Gasteiger partial charge in [0.25, 0.3) is 0 Å². The van der Waals surface area contributed by atoms with Crippen LogP contribution in [0.15, 0.2) is 27.4 Å². The Morgan fingerprint density at radius 3 is 3.11 bits per heavy atom. The van der Waals surface area contributed by atoms with E-state index in [-0.39, 0.29) is 5.76 Å². The van der Waals surface area contributed by atoms with Gasteiger partial charge in [-0.3, -0.25) is 4.57 Å². The normalized spacial score (nSPS) is 19.3. The van der Waals surface area contributed by atoms with Crippen molar-refractivity contribution in [3.8, 4) is 0 Å². The molecular weight excluding hydrogens is 240 g/mol. The largest absolute Gasteiger partial charge is 0.419 e. The highest BCUT2D eigenvalue weighted by atomic mass is 16.4. The molecule has 1 aliphatic rings. The molecule has 4 heteroatoms. The van der Waals surface area contributed by atoms with Gasteiger partial charge in [0.2, 0.25) is 0 Å². The van der Waals surface area contributed by atoms with Crippen LogP contribution in [0.5, 0.6) is 0 Å². The predicted molar refractivity (Wildman–Crippen MR) is 75.5 cm³/mol. The molecule has 0 bridgehead atoms. The molecule has 102 valence electrons. The molecule has 19 heavy (non-hydrogen) atoms. The van der Waals surface area contributed by atoms with Crippen molar-refractivity contribution in [2.75, 3.05) is 6.54 Å². The fourth-order valence-electron chi connectivity index (χ4n) is 2.89. The van der Waals surface area contributed by atoms with Crippen molar-refractivity contribution in [1.82, 2.24) is 9.88 Å². The molecule has 1 atom stereocenters. The minimum Gasteiger partial charge on any atom is -0.408 e. The molecule has 3 rings (SSSR count). The molecule has 0 saturated carbocycles. The van der Waals surface area contributed by atoms with E-state index >= 15 is 0 Å². The van der Waals surface area contributed by atoms with Crippen LogP contribution in [-0.2, 0) is 13.0 Å².